The van der Waals surface area contributed by atoms with Gasteiger partial charge in [0.1, 0.15) is 5.56 Å². The van der Waals surface area contributed by atoms with Crippen LogP contribution in [0.3, 0.4) is 0 Å². The van der Waals surface area contributed by atoms with Crippen molar-refractivity contribution in [2.75, 3.05) is 0 Å². The molecule has 3 aromatic rings. The van der Waals surface area contributed by atoms with Crippen LogP contribution in [0, 0.1) is 10.1 Å². The fourth-order valence-electron chi connectivity index (χ4n) is 1.95. The van der Waals surface area contributed by atoms with Crippen molar-refractivity contribution in [1.29, 1.82) is 0 Å². The number of nitro groups is 1. The van der Waals surface area contributed by atoms with E-state index >= 15 is 0 Å². The Bertz CT molecular complexity index is 853. The lowest BCUT2D eigenvalue weighted by atomic mass is 10.2. The second kappa shape index (κ2) is 6.80. The van der Waals surface area contributed by atoms with Crippen LogP contribution in [0.4, 0.5) is 5.69 Å². The lowest BCUT2D eigenvalue weighted by Crippen LogP contribution is -1.91. The van der Waals surface area contributed by atoms with Crippen LogP contribution < -0.4 is 0 Å². The van der Waals surface area contributed by atoms with Gasteiger partial charge in [0.05, 0.1) is 4.92 Å². The van der Waals surface area contributed by atoms with Crippen LogP contribution >= 0.6 is 23.4 Å². The smallest absolute Gasteiger partial charge is 0.282 e. The third-order valence-electron chi connectivity index (χ3n) is 3.05. The molecule has 116 valence electrons. The second-order valence-corrected chi connectivity index (χ2v) is 5.86. The highest BCUT2D eigenvalue weighted by Crippen LogP contribution is 2.31. The number of thioether (sulfide) groups is 1. The van der Waals surface area contributed by atoms with Crippen molar-refractivity contribution in [3.63, 3.8) is 0 Å². The maximum absolute atomic E-state index is 11.0. The summed E-state index contributed by atoms with van der Waals surface area (Å²) in [6, 6.07) is 13.7. The Hall–Kier alpha value is -2.38. The van der Waals surface area contributed by atoms with Gasteiger partial charge < -0.3 is 4.42 Å². The standard InChI is InChI=1S/C15H10ClN3O3S/c16-12-7-3-1-5-10(12)9-23-15-18-17-14(22-15)11-6-2-4-8-13(11)19(20)21/h1-8H,9H2. The van der Waals surface area contributed by atoms with Gasteiger partial charge in [-0.15, -0.1) is 10.2 Å². The van der Waals surface area contributed by atoms with Crippen LogP contribution in [0.25, 0.3) is 11.5 Å². The maximum atomic E-state index is 11.0. The molecule has 0 amide bonds. The van der Waals surface area contributed by atoms with Crippen LogP contribution in [0.1, 0.15) is 5.56 Å². The Balaban J connectivity index is 1.79. The Morgan fingerprint density at radius 2 is 1.87 bits per heavy atom. The number of hydrogen-bond donors (Lipinski definition) is 0. The number of para-hydroxylation sites is 1. The molecule has 0 saturated heterocycles. The van der Waals surface area contributed by atoms with E-state index < -0.39 is 4.92 Å². The van der Waals surface area contributed by atoms with Crippen LogP contribution in [0.15, 0.2) is 58.2 Å². The summed E-state index contributed by atoms with van der Waals surface area (Å²) >= 11 is 7.42. The predicted molar refractivity (Wildman–Crippen MR) is 87.4 cm³/mol. The van der Waals surface area contributed by atoms with Gasteiger partial charge in [-0.25, -0.2) is 0 Å². The van der Waals surface area contributed by atoms with Crippen molar-refractivity contribution >= 4 is 29.1 Å². The molecule has 0 aliphatic rings. The third-order valence-corrected chi connectivity index (χ3v) is 4.28. The van der Waals surface area contributed by atoms with Crippen molar-refractivity contribution in [3.05, 3.63) is 69.2 Å². The topological polar surface area (TPSA) is 82.1 Å². The van der Waals surface area contributed by atoms with Gasteiger partial charge >= 0.3 is 0 Å². The zero-order valence-corrected chi connectivity index (χ0v) is 13.3. The minimum absolute atomic E-state index is 0.0706. The molecule has 0 bridgehead atoms. The second-order valence-electron chi connectivity index (χ2n) is 4.53. The van der Waals surface area contributed by atoms with Gasteiger partial charge in [0.2, 0.25) is 0 Å². The maximum Gasteiger partial charge on any atom is 0.282 e. The van der Waals surface area contributed by atoms with Gasteiger partial charge in [0, 0.05) is 16.8 Å². The Labute approximate surface area is 140 Å². The zero-order valence-electron chi connectivity index (χ0n) is 11.7. The monoisotopic (exact) mass is 347 g/mol. The number of nitrogens with zero attached hydrogens (tertiary/aromatic N) is 3. The number of rotatable bonds is 5. The summed E-state index contributed by atoms with van der Waals surface area (Å²) in [5.41, 5.74) is 1.18. The average molecular weight is 348 g/mol. The van der Waals surface area contributed by atoms with Gasteiger partial charge in [-0.05, 0) is 17.7 Å². The van der Waals surface area contributed by atoms with Crippen molar-refractivity contribution in [1.82, 2.24) is 10.2 Å². The van der Waals surface area contributed by atoms with E-state index in [-0.39, 0.29) is 11.6 Å². The number of benzene rings is 2. The Morgan fingerprint density at radius 1 is 1.13 bits per heavy atom. The number of halogens is 1. The minimum Gasteiger partial charge on any atom is -0.411 e. The molecule has 0 aliphatic heterocycles. The lowest BCUT2D eigenvalue weighted by molar-refractivity contribution is -0.384. The van der Waals surface area contributed by atoms with E-state index in [2.05, 4.69) is 10.2 Å². The predicted octanol–water partition coefficient (Wildman–Crippen LogP) is 4.59. The third kappa shape index (κ3) is 3.52. The molecule has 0 unspecified atom stereocenters. The molecule has 0 atom stereocenters. The molecule has 3 rings (SSSR count). The van der Waals surface area contributed by atoms with Gasteiger partial charge in [-0.2, -0.15) is 0 Å². The van der Waals surface area contributed by atoms with Crippen LogP contribution in [0.5, 0.6) is 0 Å². The van der Waals surface area contributed by atoms with E-state index in [0.717, 1.165) is 5.56 Å². The summed E-state index contributed by atoms with van der Waals surface area (Å²) in [5.74, 6) is 0.692. The number of aromatic nitrogens is 2. The van der Waals surface area contributed by atoms with E-state index in [9.17, 15) is 10.1 Å². The lowest BCUT2D eigenvalue weighted by Gasteiger charge is -2.00. The van der Waals surface area contributed by atoms with E-state index in [1.54, 1.807) is 18.2 Å². The number of hydrogen-bond acceptors (Lipinski definition) is 6. The van der Waals surface area contributed by atoms with E-state index in [0.29, 0.717) is 21.6 Å². The average Bonchev–Trinajstić information content (AvgIpc) is 3.03. The summed E-state index contributed by atoms with van der Waals surface area (Å²) in [7, 11) is 0. The first-order valence-corrected chi connectivity index (χ1v) is 7.95. The normalized spacial score (nSPS) is 10.7. The highest BCUT2D eigenvalue weighted by Gasteiger charge is 2.19. The molecule has 1 heterocycles. The molecule has 0 saturated carbocycles. The summed E-state index contributed by atoms with van der Waals surface area (Å²) in [5, 5.41) is 19.9. The highest BCUT2D eigenvalue weighted by molar-refractivity contribution is 7.98. The van der Waals surface area contributed by atoms with Crippen molar-refractivity contribution in [2.45, 2.75) is 11.0 Å². The first-order chi connectivity index (χ1) is 11.1. The summed E-state index contributed by atoms with van der Waals surface area (Å²) < 4.78 is 5.52. The minimum atomic E-state index is -0.476. The van der Waals surface area contributed by atoms with Crippen molar-refractivity contribution in [2.24, 2.45) is 0 Å². The molecule has 0 N–H and O–H groups in total. The SMILES string of the molecule is O=[N+]([O-])c1ccccc1-c1nnc(SCc2ccccc2Cl)o1. The van der Waals surface area contributed by atoms with Gasteiger partial charge in [0.15, 0.2) is 0 Å². The van der Waals surface area contributed by atoms with E-state index in [1.807, 2.05) is 24.3 Å². The summed E-state index contributed by atoms with van der Waals surface area (Å²) in [6.45, 7) is 0. The fraction of sp³-hybridized carbons (Fsp3) is 0.0667. The molecule has 0 spiro atoms. The van der Waals surface area contributed by atoms with E-state index in [1.165, 1.54) is 17.8 Å². The van der Waals surface area contributed by atoms with Gasteiger partial charge in [-0.1, -0.05) is 53.7 Å². The Morgan fingerprint density at radius 3 is 2.65 bits per heavy atom. The highest BCUT2D eigenvalue weighted by atomic mass is 35.5. The van der Waals surface area contributed by atoms with Crippen LogP contribution in [-0.4, -0.2) is 15.1 Å². The molecule has 0 fully saturated rings. The van der Waals surface area contributed by atoms with E-state index in [4.69, 9.17) is 16.0 Å². The zero-order chi connectivity index (χ0) is 16.2. The van der Waals surface area contributed by atoms with Gasteiger partial charge in [-0.3, -0.25) is 10.1 Å². The summed E-state index contributed by atoms with van der Waals surface area (Å²) in [6.07, 6.45) is 0. The molecule has 6 nitrogen and oxygen atoms in total. The quantitative estimate of drug-likeness (QED) is 0.381. The molecule has 0 radical (unpaired) electrons. The molecule has 23 heavy (non-hydrogen) atoms. The molecule has 8 heteroatoms. The molecular formula is C15H10ClN3O3S. The largest absolute Gasteiger partial charge is 0.411 e. The first-order valence-electron chi connectivity index (χ1n) is 6.58. The molecule has 0 aliphatic carbocycles. The number of nitro benzene ring substituents is 1. The van der Waals surface area contributed by atoms with Crippen molar-refractivity contribution in [3.8, 4) is 11.5 Å². The van der Waals surface area contributed by atoms with Crippen molar-refractivity contribution < 1.29 is 9.34 Å². The molecular weight excluding hydrogens is 338 g/mol. The van der Waals surface area contributed by atoms with Crippen LogP contribution in [-0.2, 0) is 5.75 Å². The fourth-order valence-corrected chi connectivity index (χ4v) is 2.99. The van der Waals surface area contributed by atoms with Crippen LogP contribution in [0.2, 0.25) is 5.02 Å². The summed E-state index contributed by atoms with van der Waals surface area (Å²) in [4.78, 5) is 10.6. The molecule has 1 aromatic heterocycles. The molecule has 2 aromatic carbocycles. The van der Waals surface area contributed by atoms with Gasteiger partial charge in [0.25, 0.3) is 16.8 Å². The first kappa shape index (κ1) is 15.5. The Kier molecular flexibility index (Phi) is 4.59.